The monoisotopic (exact) mass is 786 g/mol. The molecule has 0 unspecified atom stereocenters. The maximum Gasteiger partial charge on any atom is 0.257 e. The second-order valence-corrected chi connectivity index (χ2v) is 22.0. The van der Waals surface area contributed by atoms with E-state index in [1.54, 1.807) is 0 Å². The van der Waals surface area contributed by atoms with Crippen molar-refractivity contribution in [1.82, 2.24) is 0 Å². The van der Waals surface area contributed by atoms with Crippen LogP contribution in [0.5, 0.6) is 11.5 Å². The Morgan fingerprint density at radius 1 is 0.450 bits per heavy atom. The van der Waals surface area contributed by atoms with Crippen LogP contribution in [0.4, 0.5) is 34.1 Å². The topological polar surface area (TPSA) is 15.7 Å². The fraction of sp³-hybridized carbons (Fsp3) is 0.0545. The van der Waals surface area contributed by atoms with Crippen molar-refractivity contribution in [2.45, 2.75) is 19.6 Å². The number of rotatable bonds is 7. The van der Waals surface area contributed by atoms with Crippen LogP contribution < -0.4 is 36.1 Å². The van der Waals surface area contributed by atoms with Crippen molar-refractivity contribution in [2.24, 2.45) is 0 Å². The number of para-hydroxylation sites is 2. The van der Waals surface area contributed by atoms with Crippen molar-refractivity contribution in [3.05, 3.63) is 206 Å². The van der Waals surface area contributed by atoms with Gasteiger partial charge in [0, 0.05) is 39.9 Å². The van der Waals surface area contributed by atoms with E-state index in [9.17, 15) is 0 Å². The Kier molecular flexibility index (Phi) is 8.61. The number of hydrogen-bond acceptors (Lipinski definition) is 3. The first-order valence-corrected chi connectivity index (χ1v) is 24.4. The molecule has 11 rings (SSSR count). The van der Waals surface area contributed by atoms with Crippen molar-refractivity contribution in [3.63, 3.8) is 0 Å². The van der Waals surface area contributed by atoms with E-state index < -0.39 is 8.07 Å². The van der Waals surface area contributed by atoms with Crippen LogP contribution in [0.1, 0.15) is 0 Å². The van der Waals surface area contributed by atoms with Gasteiger partial charge in [-0.05, 0) is 98.6 Å². The molecule has 0 atom stereocenters. The molecule has 2 heterocycles. The van der Waals surface area contributed by atoms with Gasteiger partial charge in [-0.3, -0.25) is 0 Å². The third-order valence-corrected chi connectivity index (χ3v) is 14.3. The van der Waals surface area contributed by atoms with Crippen LogP contribution in [0.2, 0.25) is 19.6 Å². The van der Waals surface area contributed by atoms with Gasteiger partial charge in [0.1, 0.15) is 11.5 Å². The normalized spacial score (nSPS) is 12.7. The summed E-state index contributed by atoms with van der Waals surface area (Å²) in [6.45, 7) is 7.22. The molecular weight excluding hydrogens is 744 g/mol. The average Bonchev–Trinajstić information content (AvgIpc) is 3.30. The molecule has 0 aliphatic carbocycles. The lowest BCUT2D eigenvalue weighted by Crippen LogP contribution is -2.60. The average molecular weight is 787 g/mol. The van der Waals surface area contributed by atoms with Crippen LogP contribution in [0, 0.1) is 0 Å². The Morgan fingerprint density at radius 3 is 1.58 bits per heavy atom. The summed E-state index contributed by atoms with van der Waals surface area (Å²) in [6.07, 6.45) is 0. The van der Waals surface area contributed by atoms with Crippen LogP contribution in [-0.2, 0) is 0 Å². The van der Waals surface area contributed by atoms with Crippen molar-refractivity contribution in [1.29, 1.82) is 0 Å². The molecule has 5 heteroatoms. The highest BCUT2D eigenvalue weighted by molar-refractivity contribution is 7.01. The molecule has 0 radical (unpaired) electrons. The van der Waals surface area contributed by atoms with E-state index in [1.807, 2.05) is 0 Å². The van der Waals surface area contributed by atoms with Gasteiger partial charge in [0.15, 0.2) is 0 Å². The minimum atomic E-state index is -1.83. The third kappa shape index (κ3) is 6.04. The van der Waals surface area contributed by atoms with Crippen molar-refractivity contribution in [2.75, 3.05) is 9.80 Å². The highest BCUT2D eigenvalue weighted by Gasteiger charge is 2.44. The van der Waals surface area contributed by atoms with Gasteiger partial charge in [-0.1, -0.05) is 170 Å². The van der Waals surface area contributed by atoms with E-state index in [1.165, 1.54) is 66.0 Å². The predicted octanol–water partition coefficient (Wildman–Crippen LogP) is 12.6. The first-order chi connectivity index (χ1) is 29.4. The number of anilines is 6. The molecule has 0 saturated heterocycles. The summed E-state index contributed by atoms with van der Waals surface area (Å²) in [5.74, 6) is 1.84. The molecule has 9 aromatic rings. The van der Waals surface area contributed by atoms with Gasteiger partial charge in [0.2, 0.25) is 0 Å². The molecule has 286 valence electrons. The van der Waals surface area contributed by atoms with Gasteiger partial charge in [-0.2, -0.15) is 0 Å². The van der Waals surface area contributed by atoms with Crippen molar-refractivity contribution in [3.8, 4) is 33.8 Å². The maximum atomic E-state index is 7.39. The fourth-order valence-corrected chi connectivity index (χ4v) is 10.5. The van der Waals surface area contributed by atoms with Crippen LogP contribution in [0.15, 0.2) is 206 Å². The van der Waals surface area contributed by atoms with Crippen LogP contribution in [0.3, 0.4) is 0 Å². The Hall–Kier alpha value is -7.08. The number of fused-ring (bicyclic) bond motifs is 6. The number of benzene rings is 9. The first kappa shape index (κ1) is 36.0. The van der Waals surface area contributed by atoms with E-state index in [-0.39, 0.29) is 6.71 Å². The first-order valence-electron chi connectivity index (χ1n) is 20.9. The molecule has 0 saturated carbocycles. The lowest BCUT2D eigenvalue weighted by Gasteiger charge is -2.42. The molecule has 0 bridgehead atoms. The van der Waals surface area contributed by atoms with Gasteiger partial charge >= 0.3 is 0 Å². The van der Waals surface area contributed by atoms with E-state index in [4.69, 9.17) is 4.74 Å². The van der Waals surface area contributed by atoms with E-state index in [0.717, 1.165) is 34.2 Å². The Bertz CT molecular complexity index is 3000. The van der Waals surface area contributed by atoms with Gasteiger partial charge in [0.05, 0.1) is 13.8 Å². The quantitative estimate of drug-likeness (QED) is 0.150. The van der Waals surface area contributed by atoms with E-state index in [2.05, 4.69) is 236 Å². The molecule has 9 aromatic carbocycles. The fourth-order valence-electron chi connectivity index (χ4n) is 9.32. The van der Waals surface area contributed by atoms with E-state index >= 15 is 0 Å². The smallest absolute Gasteiger partial charge is 0.257 e. The maximum absolute atomic E-state index is 7.39. The zero-order chi connectivity index (χ0) is 40.4. The SMILES string of the molecule is C[Si](C)(C)c1cc2c3c(c1)N(c1ccc(-c4ccccc4)cc1)c1ccc(-c4ccccc4)cc1B3c1c(cc(N(c3ccccc3)c3ccccc3)c3ccccc13)O2. The van der Waals surface area contributed by atoms with Crippen LogP contribution in [0.25, 0.3) is 33.0 Å². The van der Waals surface area contributed by atoms with Gasteiger partial charge in [-0.25, -0.2) is 0 Å². The summed E-state index contributed by atoms with van der Waals surface area (Å²) in [5.41, 5.74) is 15.3. The molecule has 3 nitrogen and oxygen atoms in total. The molecular formula is C55H43BN2OSi. The second kappa shape index (κ2) is 14.3. The summed E-state index contributed by atoms with van der Waals surface area (Å²) < 4.78 is 7.39. The number of hydrogen-bond donors (Lipinski definition) is 0. The van der Waals surface area contributed by atoms with Crippen molar-refractivity contribution < 1.29 is 4.74 Å². The molecule has 0 fully saturated rings. The Labute approximate surface area is 353 Å². The predicted molar refractivity (Wildman–Crippen MR) is 258 cm³/mol. The van der Waals surface area contributed by atoms with Gasteiger partial charge in [-0.15, -0.1) is 0 Å². The number of nitrogens with zero attached hydrogens (tertiary/aromatic N) is 2. The minimum absolute atomic E-state index is 0.0752. The molecule has 2 aliphatic rings. The number of ether oxygens (including phenoxy) is 1. The van der Waals surface area contributed by atoms with Crippen molar-refractivity contribution >= 4 is 81.3 Å². The van der Waals surface area contributed by atoms with Crippen LogP contribution in [-0.4, -0.2) is 14.8 Å². The lowest BCUT2D eigenvalue weighted by molar-refractivity contribution is 0.488. The largest absolute Gasteiger partial charge is 0.458 e. The Morgan fingerprint density at radius 2 is 0.967 bits per heavy atom. The molecule has 0 spiro atoms. The minimum Gasteiger partial charge on any atom is -0.458 e. The van der Waals surface area contributed by atoms with E-state index in [0.29, 0.717) is 0 Å². The third-order valence-electron chi connectivity index (χ3n) is 12.2. The van der Waals surface area contributed by atoms with Gasteiger partial charge in [0.25, 0.3) is 6.71 Å². The molecule has 2 aliphatic heterocycles. The second-order valence-electron chi connectivity index (χ2n) is 16.9. The molecule has 0 N–H and O–H groups in total. The molecule has 0 amide bonds. The lowest BCUT2D eigenvalue weighted by atomic mass is 9.33. The Balaban J connectivity index is 1.19. The highest BCUT2D eigenvalue weighted by Crippen LogP contribution is 2.46. The summed E-state index contributed by atoms with van der Waals surface area (Å²) >= 11 is 0. The van der Waals surface area contributed by atoms with Gasteiger partial charge < -0.3 is 14.5 Å². The summed E-state index contributed by atoms with van der Waals surface area (Å²) in [6, 6.07) is 75.0. The summed E-state index contributed by atoms with van der Waals surface area (Å²) in [4.78, 5) is 4.86. The van der Waals surface area contributed by atoms with Crippen LogP contribution >= 0.6 is 0 Å². The summed E-state index contributed by atoms with van der Waals surface area (Å²) in [5, 5.41) is 3.73. The summed E-state index contributed by atoms with van der Waals surface area (Å²) in [7, 11) is -1.83. The molecule has 0 aromatic heterocycles. The zero-order valence-corrected chi connectivity index (χ0v) is 35.0. The standard InChI is InChI=1S/C55H43BN2OSi/c1-60(2,3)45-35-51-55-52(36-45)59-53-37-50(57(42-22-12-6-13-23-42)43-24-14-7-15-25-43)46-26-16-17-27-47(46)54(53)56(55)48-34-41(39-20-10-5-11-21-39)30-33-49(48)58(51)44-31-28-40(29-32-44)38-18-8-4-9-19-38/h4-37H,1-3H3. The highest BCUT2D eigenvalue weighted by atomic mass is 28.3. The molecule has 60 heavy (non-hydrogen) atoms. The zero-order valence-electron chi connectivity index (χ0n) is 34.0.